The summed E-state index contributed by atoms with van der Waals surface area (Å²) in [5.74, 6) is 0. The van der Waals surface area contributed by atoms with Gasteiger partial charge in [0.15, 0.2) is 0 Å². The number of aryl methyl sites for hydroxylation is 2. The van der Waals surface area contributed by atoms with Crippen molar-refractivity contribution in [2.24, 2.45) is 16.2 Å². The highest BCUT2D eigenvalue weighted by molar-refractivity contribution is 5.89. The van der Waals surface area contributed by atoms with E-state index in [1.54, 1.807) is 0 Å². The Morgan fingerprint density at radius 3 is 2.16 bits per heavy atom. The fourth-order valence-corrected chi connectivity index (χ4v) is 8.58. The molecule has 0 heterocycles. The third-order valence-electron chi connectivity index (χ3n) is 10.4. The second kappa shape index (κ2) is 8.70. The third-order valence-corrected chi connectivity index (χ3v) is 10.4. The van der Waals surface area contributed by atoms with Gasteiger partial charge in [0.25, 0.3) is 0 Å². The van der Waals surface area contributed by atoms with Crippen molar-refractivity contribution in [3.05, 3.63) is 123 Å². The van der Waals surface area contributed by atoms with Crippen molar-refractivity contribution in [1.82, 2.24) is 0 Å². The average molecular weight is 501 g/mol. The standard InChI is InChI=1S/C38H44/c1-23(2)33-26(5)20-37(10)22-36(9)21-32-31(19-17-30-15-12-24(3)13-16-30)18-14-25(4)34(32)27(6)35(36)29(8)38(37,11)28(33)7/h12-19H,1,6-7,20-22H2,2-5,8-11H3/b19-17+/t36-,37+,38-/m1/s1. The topological polar surface area (TPSA) is 0 Å². The van der Waals surface area contributed by atoms with Gasteiger partial charge in [-0.1, -0.05) is 111 Å². The van der Waals surface area contributed by atoms with Crippen LogP contribution in [0.25, 0.3) is 17.7 Å². The van der Waals surface area contributed by atoms with Crippen LogP contribution in [0.2, 0.25) is 0 Å². The highest BCUT2D eigenvalue weighted by Crippen LogP contribution is 2.70. The number of hydrogen-bond acceptors (Lipinski definition) is 0. The SMILES string of the molecule is C=C(C)C1=C(C)C[C@@]2(C)C[C@@]3(C)Cc4c(/C=C/c5ccc(C)cc5)ccc(C)c4C(=C)C3=C(C)[C@@]2(C)C1=C. The van der Waals surface area contributed by atoms with Crippen molar-refractivity contribution in [1.29, 1.82) is 0 Å². The molecule has 2 aromatic carbocycles. The van der Waals surface area contributed by atoms with Crippen molar-refractivity contribution in [3.63, 3.8) is 0 Å². The fourth-order valence-electron chi connectivity index (χ4n) is 8.58. The summed E-state index contributed by atoms with van der Waals surface area (Å²) in [6.07, 6.45) is 7.81. The van der Waals surface area contributed by atoms with Gasteiger partial charge in [-0.3, -0.25) is 0 Å². The van der Waals surface area contributed by atoms with Crippen molar-refractivity contribution in [2.45, 2.75) is 74.7 Å². The molecule has 0 fully saturated rings. The molecular formula is C38H44. The Balaban J connectivity index is 1.68. The van der Waals surface area contributed by atoms with E-state index in [4.69, 9.17) is 13.2 Å². The van der Waals surface area contributed by atoms with Crippen molar-refractivity contribution in [3.8, 4) is 0 Å². The molecular weight excluding hydrogens is 456 g/mol. The molecule has 0 radical (unpaired) electrons. The van der Waals surface area contributed by atoms with Crippen molar-refractivity contribution < 1.29 is 0 Å². The van der Waals surface area contributed by atoms with Gasteiger partial charge in [-0.05, 0) is 115 Å². The fraction of sp³-hybridized carbons (Fsp3) is 0.368. The lowest BCUT2D eigenvalue weighted by Crippen LogP contribution is -2.52. The number of hydrogen-bond donors (Lipinski definition) is 0. The van der Waals surface area contributed by atoms with Crippen LogP contribution < -0.4 is 0 Å². The molecule has 0 heteroatoms. The summed E-state index contributed by atoms with van der Waals surface area (Å²) in [6.45, 7) is 32.5. The first-order valence-corrected chi connectivity index (χ1v) is 14.1. The maximum atomic E-state index is 4.81. The van der Waals surface area contributed by atoms with Crippen LogP contribution in [0.4, 0.5) is 0 Å². The van der Waals surface area contributed by atoms with E-state index in [1.807, 2.05) is 0 Å². The zero-order valence-corrected chi connectivity index (χ0v) is 24.9. The first kappa shape index (κ1) is 26.5. The van der Waals surface area contributed by atoms with Gasteiger partial charge in [-0.25, -0.2) is 0 Å². The minimum atomic E-state index is -0.118. The first-order chi connectivity index (χ1) is 17.7. The van der Waals surface area contributed by atoms with Gasteiger partial charge in [0.2, 0.25) is 0 Å². The normalized spacial score (nSPS) is 28.9. The van der Waals surface area contributed by atoms with Gasteiger partial charge in [0.05, 0.1) is 0 Å². The van der Waals surface area contributed by atoms with E-state index in [9.17, 15) is 0 Å². The van der Waals surface area contributed by atoms with Gasteiger partial charge >= 0.3 is 0 Å². The summed E-state index contributed by atoms with van der Waals surface area (Å²) in [7, 11) is 0. The highest BCUT2D eigenvalue weighted by atomic mass is 14.6. The molecule has 0 aliphatic heterocycles. The van der Waals surface area contributed by atoms with Crippen molar-refractivity contribution in [2.75, 3.05) is 0 Å². The van der Waals surface area contributed by atoms with E-state index in [0.29, 0.717) is 0 Å². The van der Waals surface area contributed by atoms with Gasteiger partial charge in [-0.2, -0.15) is 0 Å². The molecule has 0 saturated carbocycles. The Hall–Kier alpha value is -3.12. The second-order valence-electron chi connectivity index (χ2n) is 13.2. The molecule has 0 N–H and O–H groups in total. The van der Waals surface area contributed by atoms with E-state index in [0.717, 1.165) is 24.8 Å². The van der Waals surface area contributed by atoms with E-state index >= 15 is 0 Å². The van der Waals surface area contributed by atoms with E-state index in [2.05, 4.69) is 111 Å². The Kier molecular flexibility index (Phi) is 6.06. The van der Waals surface area contributed by atoms with Crippen molar-refractivity contribution >= 4 is 17.7 Å². The van der Waals surface area contributed by atoms with Crippen LogP contribution in [-0.4, -0.2) is 0 Å². The van der Waals surface area contributed by atoms with Crippen LogP contribution in [0.15, 0.2) is 89.6 Å². The minimum absolute atomic E-state index is 0.0317. The third kappa shape index (κ3) is 3.64. The molecule has 3 aliphatic carbocycles. The molecule has 3 atom stereocenters. The highest BCUT2D eigenvalue weighted by Gasteiger charge is 2.59. The molecule has 0 unspecified atom stereocenters. The molecule has 0 amide bonds. The maximum absolute atomic E-state index is 4.81. The Bertz CT molecular complexity index is 1500. The van der Waals surface area contributed by atoms with Crippen LogP contribution in [0.3, 0.4) is 0 Å². The quantitative estimate of drug-likeness (QED) is 0.368. The zero-order chi connectivity index (χ0) is 27.8. The lowest BCUT2D eigenvalue weighted by molar-refractivity contribution is 0.0544. The summed E-state index contributed by atoms with van der Waals surface area (Å²) in [6, 6.07) is 13.3. The molecule has 196 valence electrons. The molecule has 5 rings (SSSR count). The van der Waals surface area contributed by atoms with Crippen LogP contribution in [0.5, 0.6) is 0 Å². The molecule has 38 heavy (non-hydrogen) atoms. The number of fused-ring (bicyclic) bond motifs is 3. The molecule has 0 spiro atoms. The number of allylic oxidation sites excluding steroid dienone is 7. The monoisotopic (exact) mass is 500 g/mol. The van der Waals surface area contributed by atoms with Gasteiger partial charge in [-0.15, -0.1) is 0 Å². The first-order valence-electron chi connectivity index (χ1n) is 14.1. The van der Waals surface area contributed by atoms with E-state index in [-0.39, 0.29) is 16.2 Å². The minimum Gasteiger partial charge on any atom is -0.0955 e. The predicted molar refractivity (Wildman–Crippen MR) is 167 cm³/mol. The number of rotatable bonds is 3. The Morgan fingerprint density at radius 1 is 0.868 bits per heavy atom. The van der Waals surface area contributed by atoms with Gasteiger partial charge in [0, 0.05) is 5.41 Å². The smallest absolute Gasteiger partial charge is 0.0194 e. The summed E-state index contributed by atoms with van der Waals surface area (Å²) in [5.41, 5.74) is 17.2. The summed E-state index contributed by atoms with van der Waals surface area (Å²) >= 11 is 0. The average Bonchev–Trinajstić information content (AvgIpc) is 2.81. The predicted octanol–water partition coefficient (Wildman–Crippen LogP) is 10.6. The van der Waals surface area contributed by atoms with Gasteiger partial charge in [0.1, 0.15) is 0 Å². The molecule has 0 bridgehead atoms. The van der Waals surface area contributed by atoms with Crippen LogP contribution >= 0.6 is 0 Å². The lowest BCUT2D eigenvalue weighted by Gasteiger charge is -2.62. The van der Waals surface area contributed by atoms with E-state index < -0.39 is 0 Å². The summed E-state index contributed by atoms with van der Waals surface area (Å²) in [5, 5.41) is 0. The summed E-state index contributed by atoms with van der Waals surface area (Å²) in [4.78, 5) is 0. The van der Waals surface area contributed by atoms with Crippen LogP contribution in [0, 0.1) is 30.1 Å². The number of benzene rings is 2. The Morgan fingerprint density at radius 2 is 1.53 bits per heavy atom. The molecule has 0 nitrogen and oxygen atoms in total. The zero-order valence-electron chi connectivity index (χ0n) is 24.9. The molecule has 0 saturated heterocycles. The van der Waals surface area contributed by atoms with Crippen LogP contribution in [-0.2, 0) is 6.42 Å². The molecule has 0 aromatic heterocycles. The lowest BCUT2D eigenvalue weighted by atomic mass is 9.41. The van der Waals surface area contributed by atoms with Gasteiger partial charge < -0.3 is 0 Å². The summed E-state index contributed by atoms with van der Waals surface area (Å²) < 4.78 is 0. The largest absolute Gasteiger partial charge is 0.0955 e. The molecule has 2 aromatic rings. The second-order valence-corrected chi connectivity index (χ2v) is 13.2. The molecule has 3 aliphatic rings. The van der Waals surface area contributed by atoms with E-state index in [1.165, 1.54) is 66.8 Å². The Labute approximate surface area is 231 Å². The van der Waals surface area contributed by atoms with Crippen LogP contribution in [0.1, 0.15) is 87.8 Å². The maximum Gasteiger partial charge on any atom is 0.0194 e.